The molecule has 3 aromatic rings. The second kappa shape index (κ2) is 11.3. The highest BCUT2D eigenvalue weighted by Gasteiger charge is 2.22. The fourth-order valence-electron chi connectivity index (χ4n) is 3.89. The lowest BCUT2D eigenvalue weighted by atomic mass is 9.98. The summed E-state index contributed by atoms with van der Waals surface area (Å²) in [7, 11) is 0. The number of carbonyl (C=O) groups excluding carboxylic acids is 2. The number of hydrogen-bond donors (Lipinski definition) is 1. The lowest BCUT2D eigenvalue weighted by Crippen LogP contribution is -2.37. The maximum absolute atomic E-state index is 13.0. The third kappa shape index (κ3) is 6.33. The van der Waals surface area contributed by atoms with E-state index in [0.717, 1.165) is 17.5 Å². The van der Waals surface area contributed by atoms with Gasteiger partial charge in [-0.05, 0) is 43.9 Å². The van der Waals surface area contributed by atoms with Gasteiger partial charge < -0.3 is 14.6 Å². The highest BCUT2D eigenvalue weighted by atomic mass is 16.3. The van der Waals surface area contributed by atoms with E-state index in [4.69, 9.17) is 4.42 Å². The van der Waals surface area contributed by atoms with Crippen LogP contribution in [0, 0.1) is 13.8 Å². The van der Waals surface area contributed by atoms with Gasteiger partial charge in [0.05, 0.1) is 11.6 Å². The first-order chi connectivity index (χ1) is 15.5. The topological polar surface area (TPSA) is 62.6 Å². The predicted molar refractivity (Wildman–Crippen MR) is 126 cm³/mol. The monoisotopic (exact) mass is 432 g/mol. The van der Waals surface area contributed by atoms with Gasteiger partial charge in [-0.15, -0.1) is 0 Å². The van der Waals surface area contributed by atoms with Gasteiger partial charge in [-0.2, -0.15) is 0 Å². The van der Waals surface area contributed by atoms with E-state index in [9.17, 15) is 9.59 Å². The van der Waals surface area contributed by atoms with Crippen molar-refractivity contribution >= 4 is 11.8 Å². The first kappa shape index (κ1) is 23.3. The van der Waals surface area contributed by atoms with Crippen LogP contribution in [0.4, 0.5) is 0 Å². The first-order valence-corrected chi connectivity index (χ1v) is 11.2. The molecule has 2 amide bonds. The third-order valence-electron chi connectivity index (χ3n) is 5.48. The van der Waals surface area contributed by atoms with E-state index in [1.165, 1.54) is 0 Å². The molecule has 0 radical (unpaired) electrons. The number of nitrogens with one attached hydrogen (secondary N) is 1. The minimum atomic E-state index is -0.125. The summed E-state index contributed by atoms with van der Waals surface area (Å²) < 4.78 is 5.52. The summed E-state index contributed by atoms with van der Waals surface area (Å²) in [6.45, 7) is 6.62. The van der Waals surface area contributed by atoms with E-state index in [1.807, 2.05) is 62.4 Å². The van der Waals surface area contributed by atoms with Crippen LogP contribution in [0.15, 0.2) is 71.1 Å². The van der Waals surface area contributed by atoms with Crippen LogP contribution in [-0.2, 0) is 11.2 Å². The van der Waals surface area contributed by atoms with Crippen LogP contribution in [0.25, 0.3) is 0 Å². The van der Waals surface area contributed by atoms with E-state index in [0.29, 0.717) is 36.6 Å². The molecule has 0 spiro atoms. The minimum absolute atomic E-state index is 0.0659. The minimum Gasteiger partial charge on any atom is -0.466 e. The fourth-order valence-corrected chi connectivity index (χ4v) is 3.89. The van der Waals surface area contributed by atoms with Crippen LogP contribution < -0.4 is 5.32 Å². The van der Waals surface area contributed by atoms with Crippen LogP contribution in [0.5, 0.6) is 0 Å². The van der Waals surface area contributed by atoms with Crippen LogP contribution in [0.2, 0.25) is 0 Å². The molecule has 32 heavy (non-hydrogen) atoms. The average Bonchev–Trinajstić information content (AvgIpc) is 3.14. The molecular formula is C27H32N2O3. The van der Waals surface area contributed by atoms with Crippen molar-refractivity contribution in [3.63, 3.8) is 0 Å². The molecule has 5 heteroatoms. The number of carbonyl (C=O) groups is 2. The molecule has 3 rings (SSSR count). The Morgan fingerprint density at radius 1 is 0.969 bits per heavy atom. The second-order valence-electron chi connectivity index (χ2n) is 8.09. The second-order valence-corrected chi connectivity index (χ2v) is 8.09. The molecule has 0 fully saturated rings. The van der Waals surface area contributed by atoms with Crippen LogP contribution >= 0.6 is 0 Å². The largest absolute Gasteiger partial charge is 0.466 e. The van der Waals surface area contributed by atoms with Crippen LogP contribution in [-0.4, -0.2) is 29.8 Å². The average molecular weight is 433 g/mol. The van der Waals surface area contributed by atoms with Gasteiger partial charge in [0, 0.05) is 19.5 Å². The van der Waals surface area contributed by atoms with E-state index >= 15 is 0 Å². The smallest absolute Gasteiger partial charge is 0.257 e. The molecule has 0 saturated carbocycles. The van der Waals surface area contributed by atoms with E-state index in [-0.39, 0.29) is 24.3 Å². The van der Waals surface area contributed by atoms with Gasteiger partial charge in [0.1, 0.15) is 11.5 Å². The van der Waals surface area contributed by atoms with Crippen molar-refractivity contribution in [1.29, 1.82) is 0 Å². The molecular weight excluding hydrogens is 400 g/mol. The molecule has 0 bridgehead atoms. The van der Waals surface area contributed by atoms with Crippen molar-refractivity contribution < 1.29 is 14.0 Å². The molecule has 1 heterocycles. The normalized spacial score (nSPS) is 11.7. The van der Waals surface area contributed by atoms with Gasteiger partial charge in [-0.3, -0.25) is 9.59 Å². The molecule has 0 aliphatic carbocycles. The molecule has 1 unspecified atom stereocenters. The first-order valence-electron chi connectivity index (χ1n) is 11.2. The predicted octanol–water partition coefficient (Wildman–Crippen LogP) is 5.24. The van der Waals surface area contributed by atoms with Crippen molar-refractivity contribution in [3.8, 4) is 0 Å². The van der Waals surface area contributed by atoms with Gasteiger partial charge in [-0.1, -0.05) is 67.6 Å². The zero-order valence-electron chi connectivity index (χ0n) is 19.1. The maximum Gasteiger partial charge on any atom is 0.257 e. The molecule has 1 aromatic heterocycles. The molecule has 0 aliphatic heterocycles. The Morgan fingerprint density at radius 3 is 2.22 bits per heavy atom. The molecule has 168 valence electrons. The number of benzene rings is 2. The van der Waals surface area contributed by atoms with E-state index in [2.05, 4.69) is 17.4 Å². The molecule has 5 nitrogen and oxygen atoms in total. The highest BCUT2D eigenvalue weighted by Crippen LogP contribution is 2.19. The maximum atomic E-state index is 13.0. The van der Waals surface area contributed by atoms with E-state index in [1.54, 1.807) is 17.9 Å². The van der Waals surface area contributed by atoms with Crippen molar-refractivity contribution in [1.82, 2.24) is 10.2 Å². The van der Waals surface area contributed by atoms with Gasteiger partial charge >= 0.3 is 0 Å². The van der Waals surface area contributed by atoms with Crippen molar-refractivity contribution in [3.05, 3.63) is 94.9 Å². The van der Waals surface area contributed by atoms with Crippen molar-refractivity contribution in [2.45, 2.75) is 46.1 Å². The highest BCUT2D eigenvalue weighted by molar-refractivity contribution is 5.95. The van der Waals surface area contributed by atoms with Gasteiger partial charge in [-0.25, -0.2) is 0 Å². The summed E-state index contributed by atoms with van der Waals surface area (Å²) in [5, 5.41) is 3.18. The fraction of sp³-hybridized carbons (Fsp3) is 0.333. The van der Waals surface area contributed by atoms with Crippen molar-refractivity contribution in [2.75, 3.05) is 13.1 Å². The standard InChI is InChI=1S/C27H32N2O3/c1-4-16-29(27(31)24-18-20(2)32-21(24)3)17-15-26(30)28-25(23-13-9-6-10-14-23)19-22-11-7-5-8-12-22/h5-14,18,25H,4,15-17,19H2,1-3H3,(H,28,30). The SMILES string of the molecule is CCCN(CCC(=O)NC(Cc1ccccc1)c1ccccc1)C(=O)c1cc(C)oc1C. The number of amides is 2. The quantitative estimate of drug-likeness (QED) is 0.477. The molecule has 0 saturated heterocycles. The van der Waals surface area contributed by atoms with Gasteiger partial charge in [0.2, 0.25) is 5.91 Å². The molecule has 1 atom stereocenters. The van der Waals surface area contributed by atoms with Gasteiger partial charge in [0.25, 0.3) is 5.91 Å². The molecule has 2 aromatic carbocycles. The van der Waals surface area contributed by atoms with Crippen LogP contribution in [0.3, 0.4) is 0 Å². The lowest BCUT2D eigenvalue weighted by Gasteiger charge is -2.23. The van der Waals surface area contributed by atoms with Gasteiger partial charge in [0.15, 0.2) is 0 Å². The Balaban J connectivity index is 1.66. The summed E-state index contributed by atoms with van der Waals surface area (Å²) in [6.07, 6.45) is 1.78. The van der Waals surface area contributed by atoms with Crippen LogP contribution in [0.1, 0.15) is 58.8 Å². The molecule has 1 N–H and O–H groups in total. The summed E-state index contributed by atoms with van der Waals surface area (Å²) in [4.78, 5) is 27.6. The Labute approximate surface area is 190 Å². The van der Waals surface area contributed by atoms with Crippen molar-refractivity contribution in [2.24, 2.45) is 0 Å². The number of hydrogen-bond acceptors (Lipinski definition) is 3. The third-order valence-corrected chi connectivity index (χ3v) is 5.48. The summed E-state index contributed by atoms with van der Waals surface area (Å²) >= 11 is 0. The number of rotatable bonds is 10. The number of nitrogens with zero attached hydrogens (tertiary/aromatic N) is 1. The van der Waals surface area contributed by atoms with E-state index < -0.39 is 0 Å². The summed E-state index contributed by atoms with van der Waals surface area (Å²) in [5.41, 5.74) is 2.80. The number of furan rings is 1. The Kier molecular flexibility index (Phi) is 8.26. The Bertz CT molecular complexity index is 1010. The Hall–Kier alpha value is -3.34. The zero-order chi connectivity index (χ0) is 22.9. The number of aryl methyl sites for hydroxylation is 2. The molecule has 0 aliphatic rings. The summed E-state index contributed by atoms with van der Waals surface area (Å²) in [5.74, 6) is 1.18. The lowest BCUT2D eigenvalue weighted by molar-refractivity contribution is -0.122. The Morgan fingerprint density at radius 2 is 1.62 bits per heavy atom. The summed E-state index contributed by atoms with van der Waals surface area (Å²) in [6, 6.07) is 21.8. The zero-order valence-corrected chi connectivity index (χ0v) is 19.1.